The average molecular weight is 467 g/mol. The minimum absolute atomic E-state index is 0.194. The van der Waals surface area contributed by atoms with Crippen LogP contribution < -0.4 is 0 Å². The Kier molecular flexibility index (Phi) is 5.70. The van der Waals surface area contributed by atoms with E-state index < -0.39 is 29.5 Å². The van der Waals surface area contributed by atoms with Crippen LogP contribution in [0.2, 0.25) is 0 Å². The van der Waals surface area contributed by atoms with Gasteiger partial charge in [0, 0.05) is 6.54 Å². The second-order valence-electron chi connectivity index (χ2n) is 8.76. The summed E-state index contributed by atoms with van der Waals surface area (Å²) in [5, 5.41) is 11.2. The maximum Gasteiger partial charge on any atom is 0.416 e. The molecule has 2 heterocycles. The molecule has 4 nitrogen and oxygen atoms in total. The Labute approximate surface area is 195 Å². The van der Waals surface area contributed by atoms with Crippen molar-refractivity contribution in [3.05, 3.63) is 107 Å². The standard InChI is InChI=1S/C27H24F3NO3/c28-27(29,30)21-15-13-18(14-16-21)23(32)24-25(33)31-17-7-12-22(31)26(34-24,19-8-3-1-4-9-19)20-10-5-2-6-11-20/h1-6,8-11,13-16,22-24,32H,7,12,17H2/t22-,23+,24-/m0/s1. The molecule has 5 rings (SSSR count). The normalized spacial score (nSPS) is 22.9. The van der Waals surface area contributed by atoms with Gasteiger partial charge >= 0.3 is 6.18 Å². The van der Waals surface area contributed by atoms with Gasteiger partial charge in [0.1, 0.15) is 11.7 Å². The van der Waals surface area contributed by atoms with Gasteiger partial charge in [-0.3, -0.25) is 4.79 Å². The molecule has 0 spiro atoms. The number of ether oxygens (including phenoxy) is 1. The fourth-order valence-electron chi connectivity index (χ4n) is 5.25. The van der Waals surface area contributed by atoms with E-state index in [4.69, 9.17) is 4.74 Å². The number of rotatable bonds is 4. The molecule has 0 saturated carbocycles. The summed E-state index contributed by atoms with van der Waals surface area (Å²) in [5.74, 6) is -0.350. The number of hydrogen-bond acceptors (Lipinski definition) is 3. The molecule has 34 heavy (non-hydrogen) atoms. The summed E-state index contributed by atoms with van der Waals surface area (Å²) in [5.41, 5.74) is 0.0659. The average Bonchev–Trinajstić information content (AvgIpc) is 3.36. The van der Waals surface area contributed by atoms with Gasteiger partial charge in [0.2, 0.25) is 0 Å². The second-order valence-corrected chi connectivity index (χ2v) is 8.76. The molecule has 3 aromatic carbocycles. The Balaban J connectivity index is 1.60. The lowest BCUT2D eigenvalue weighted by Crippen LogP contribution is -2.62. The number of hydrogen-bond donors (Lipinski definition) is 1. The summed E-state index contributed by atoms with van der Waals surface area (Å²) in [6, 6.07) is 23.2. The molecular weight excluding hydrogens is 443 g/mol. The lowest BCUT2D eigenvalue weighted by atomic mass is 9.77. The van der Waals surface area contributed by atoms with E-state index >= 15 is 0 Å². The zero-order valence-electron chi connectivity index (χ0n) is 18.3. The largest absolute Gasteiger partial charge is 0.416 e. The minimum Gasteiger partial charge on any atom is -0.385 e. The molecule has 2 saturated heterocycles. The summed E-state index contributed by atoms with van der Waals surface area (Å²) in [6.45, 7) is 0.532. The number of alkyl halides is 3. The zero-order chi connectivity index (χ0) is 23.9. The third kappa shape index (κ3) is 3.69. The molecule has 7 heteroatoms. The van der Waals surface area contributed by atoms with Crippen molar-refractivity contribution in [1.29, 1.82) is 0 Å². The van der Waals surface area contributed by atoms with Crippen LogP contribution in [0, 0.1) is 0 Å². The van der Waals surface area contributed by atoms with Gasteiger partial charge in [-0.1, -0.05) is 72.8 Å². The van der Waals surface area contributed by atoms with Crippen LogP contribution in [-0.4, -0.2) is 34.6 Å². The molecule has 0 unspecified atom stereocenters. The van der Waals surface area contributed by atoms with Crippen LogP contribution in [-0.2, 0) is 21.3 Å². The number of aliphatic hydroxyl groups excluding tert-OH is 1. The third-order valence-electron chi connectivity index (χ3n) is 6.83. The third-order valence-corrected chi connectivity index (χ3v) is 6.83. The molecule has 2 aliphatic rings. The Morgan fingerprint density at radius 1 is 0.912 bits per heavy atom. The lowest BCUT2D eigenvalue weighted by Gasteiger charge is -2.51. The number of halogens is 3. The molecule has 0 radical (unpaired) electrons. The molecule has 0 aliphatic carbocycles. The van der Waals surface area contributed by atoms with Gasteiger partial charge in [-0.2, -0.15) is 13.2 Å². The number of carbonyl (C=O) groups excluding carboxylic acids is 1. The quantitative estimate of drug-likeness (QED) is 0.583. The summed E-state index contributed by atoms with van der Waals surface area (Å²) < 4.78 is 45.7. The molecule has 3 aromatic rings. The molecule has 1 amide bonds. The topological polar surface area (TPSA) is 49.8 Å². The monoisotopic (exact) mass is 467 g/mol. The van der Waals surface area contributed by atoms with E-state index in [2.05, 4.69) is 0 Å². The van der Waals surface area contributed by atoms with Crippen molar-refractivity contribution in [3.8, 4) is 0 Å². The molecule has 0 bridgehead atoms. The molecule has 1 N–H and O–H groups in total. The van der Waals surface area contributed by atoms with Crippen LogP contribution in [0.15, 0.2) is 84.9 Å². The maximum absolute atomic E-state index is 13.5. The molecule has 2 aliphatic heterocycles. The summed E-state index contributed by atoms with van der Waals surface area (Å²) >= 11 is 0. The number of carbonyl (C=O) groups is 1. The van der Waals surface area contributed by atoms with E-state index in [9.17, 15) is 23.1 Å². The summed E-state index contributed by atoms with van der Waals surface area (Å²) in [4.78, 5) is 15.2. The maximum atomic E-state index is 13.5. The first-order valence-electron chi connectivity index (χ1n) is 11.3. The van der Waals surface area contributed by atoms with Crippen LogP contribution in [0.3, 0.4) is 0 Å². The zero-order valence-corrected chi connectivity index (χ0v) is 18.3. The smallest absolute Gasteiger partial charge is 0.385 e. The van der Waals surface area contributed by atoms with E-state index in [-0.39, 0.29) is 17.5 Å². The fourth-order valence-corrected chi connectivity index (χ4v) is 5.25. The Bertz CT molecular complexity index is 1110. The predicted molar refractivity (Wildman–Crippen MR) is 120 cm³/mol. The number of benzene rings is 3. The van der Waals surface area contributed by atoms with Gasteiger partial charge in [-0.25, -0.2) is 0 Å². The van der Waals surface area contributed by atoms with Gasteiger partial charge < -0.3 is 14.7 Å². The number of fused-ring (bicyclic) bond motifs is 1. The van der Waals surface area contributed by atoms with Crippen molar-refractivity contribution in [2.24, 2.45) is 0 Å². The van der Waals surface area contributed by atoms with Crippen LogP contribution in [0.1, 0.15) is 41.2 Å². The highest BCUT2D eigenvalue weighted by Crippen LogP contribution is 2.49. The van der Waals surface area contributed by atoms with Crippen LogP contribution >= 0.6 is 0 Å². The van der Waals surface area contributed by atoms with Gasteiger partial charge in [0.25, 0.3) is 5.91 Å². The van der Waals surface area contributed by atoms with E-state index in [0.29, 0.717) is 6.54 Å². The number of morpholine rings is 1. The Morgan fingerprint density at radius 3 is 2.00 bits per heavy atom. The highest BCUT2D eigenvalue weighted by atomic mass is 19.4. The molecule has 0 aromatic heterocycles. The first-order chi connectivity index (χ1) is 16.3. The summed E-state index contributed by atoms with van der Waals surface area (Å²) in [7, 11) is 0. The minimum atomic E-state index is -4.49. The second kappa shape index (κ2) is 8.56. The van der Waals surface area contributed by atoms with Crippen molar-refractivity contribution >= 4 is 5.91 Å². The lowest BCUT2D eigenvalue weighted by molar-refractivity contribution is -0.204. The van der Waals surface area contributed by atoms with Crippen molar-refractivity contribution < 1.29 is 27.8 Å². The van der Waals surface area contributed by atoms with E-state index in [1.165, 1.54) is 12.1 Å². The number of amides is 1. The molecular formula is C27H24F3NO3. The first kappa shape index (κ1) is 22.6. The fraction of sp³-hybridized carbons (Fsp3) is 0.296. The van der Waals surface area contributed by atoms with E-state index in [1.54, 1.807) is 4.90 Å². The summed E-state index contributed by atoms with van der Waals surface area (Å²) in [6.07, 6.45) is -5.66. The van der Waals surface area contributed by atoms with Crippen molar-refractivity contribution in [2.45, 2.75) is 42.9 Å². The number of aliphatic hydroxyl groups is 1. The van der Waals surface area contributed by atoms with Crippen LogP contribution in [0.25, 0.3) is 0 Å². The van der Waals surface area contributed by atoms with Gasteiger partial charge in [0.15, 0.2) is 6.10 Å². The Hall–Kier alpha value is -3.16. The first-order valence-corrected chi connectivity index (χ1v) is 11.3. The molecule has 3 atom stereocenters. The number of nitrogens with zero attached hydrogens (tertiary/aromatic N) is 1. The van der Waals surface area contributed by atoms with Gasteiger partial charge in [-0.15, -0.1) is 0 Å². The Morgan fingerprint density at radius 2 is 1.47 bits per heavy atom. The SMILES string of the molecule is O=C1[C@H]([C@H](O)c2ccc(C(F)(F)F)cc2)OC(c2ccccc2)(c2ccccc2)[C@@H]2CCCN12. The molecule has 2 fully saturated rings. The predicted octanol–water partition coefficient (Wildman–Crippen LogP) is 5.07. The van der Waals surface area contributed by atoms with Crippen molar-refractivity contribution in [1.82, 2.24) is 4.90 Å². The van der Waals surface area contributed by atoms with Crippen molar-refractivity contribution in [3.63, 3.8) is 0 Å². The highest BCUT2D eigenvalue weighted by molar-refractivity contribution is 5.84. The highest BCUT2D eigenvalue weighted by Gasteiger charge is 2.57. The van der Waals surface area contributed by atoms with Crippen LogP contribution in [0.4, 0.5) is 13.2 Å². The molecule has 176 valence electrons. The van der Waals surface area contributed by atoms with E-state index in [1.807, 2.05) is 60.7 Å². The van der Waals surface area contributed by atoms with Crippen molar-refractivity contribution in [2.75, 3.05) is 6.54 Å². The van der Waals surface area contributed by atoms with Crippen LogP contribution in [0.5, 0.6) is 0 Å². The van der Waals surface area contributed by atoms with E-state index in [0.717, 1.165) is 36.1 Å². The van der Waals surface area contributed by atoms with Gasteiger partial charge in [-0.05, 0) is 41.7 Å². The van der Waals surface area contributed by atoms with Gasteiger partial charge in [0.05, 0.1) is 11.6 Å².